The van der Waals surface area contributed by atoms with Gasteiger partial charge in [0.1, 0.15) is 12.2 Å². The molecule has 2 aromatic heterocycles. The summed E-state index contributed by atoms with van der Waals surface area (Å²) in [6, 6.07) is 12.1. The van der Waals surface area contributed by atoms with Crippen LogP contribution in [0.4, 0.5) is 5.69 Å². The third-order valence-electron chi connectivity index (χ3n) is 4.08. The van der Waals surface area contributed by atoms with Gasteiger partial charge in [-0.1, -0.05) is 18.2 Å². The van der Waals surface area contributed by atoms with E-state index in [0.717, 1.165) is 0 Å². The molecular formula is C18H17BrN4O3. The molecule has 0 bridgehead atoms. The largest absolute Gasteiger partial charge is 0.318 e. The monoisotopic (exact) mass is 416 g/mol. The van der Waals surface area contributed by atoms with Gasteiger partial charge in [0.25, 0.3) is 11.1 Å². The molecule has 1 amide bonds. The van der Waals surface area contributed by atoms with Crippen molar-refractivity contribution >= 4 is 27.5 Å². The average molecular weight is 417 g/mol. The summed E-state index contributed by atoms with van der Waals surface area (Å²) in [5, 5.41) is 2.64. The Morgan fingerprint density at radius 1 is 1.12 bits per heavy atom. The molecule has 3 rings (SSSR count). The van der Waals surface area contributed by atoms with E-state index >= 15 is 0 Å². The third-order valence-corrected chi connectivity index (χ3v) is 4.55. The van der Waals surface area contributed by atoms with Gasteiger partial charge in [-0.25, -0.2) is 4.68 Å². The van der Waals surface area contributed by atoms with Crippen molar-refractivity contribution in [3.8, 4) is 5.69 Å². The Morgan fingerprint density at radius 2 is 1.81 bits per heavy atom. The summed E-state index contributed by atoms with van der Waals surface area (Å²) in [7, 11) is 1.75. The van der Waals surface area contributed by atoms with E-state index in [0.29, 0.717) is 15.9 Å². The maximum atomic E-state index is 12.8. The maximum Gasteiger partial charge on any atom is 0.295 e. The Kier molecular flexibility index (Phi) is 4.94. The van der Waals surface area contributed by atoms with Crippen molar-refractivity contribution in [3.05, 3.63) is 79.5 Å². The van der Waals surface area contributed by atoms with Gasteiger partial charge in [-0.3, -0.25) is 19.1 Å². The van der Waals surface area contributed by atoms with E-state index < -0.39 is 5.91 Å². The molecule has 26 heavy (non-hydrogen) atoms. The van der Waals surface area contributed by atoms with Gasteiger partial charge < -0.3 is 9.88 Å². The van der Waals surface area contributed by atoms with Crippen LogP contribution in [0.1, 0.15) is 5.69 Å². The van der Waals surface area contributed by atoms with Crippen molar-refractivity contribution in [2.45, 2.75) is 13.5 Å². The third kappa shape index (κ3) is 3.41. The summed E-state index contributed by atoms with van der Waals surface area (Å²) in [6.07, 6.45) is 1.53. The number of rotatable bonds is 4. The molecule has 0 saturated heterocycles. The number of pyridine rings is 1. The lowest BCUT2D eigenvalue weighted by atomic mass is 10.3. The predicted octanol–water partition coefficient (Wildman–Crippen LogP) is 2.05. The number of aromatic nitrogens is 3. The van der Waals surface area contributed by atoms with Gasteiger partial charge in [0.05, 0.1) is 11.4 Å². The lowest BCUT2D eigenvalue weighted by Gasteiger charge is -2.07. The minimum atomic E-state index is -0.448. The second-order valence-electron chi connectivity index (χ2n) is 5.80. The molecule has 0 saturated carbocycles. The Balaban J connectivity index is 1.91. The molecule has 0 aliphatic rings. The van der Waals surface area contributed by atoms with E-state index in [9.17, 15) is 14.4 Å². The molecule has 1 aromatic carbocycles. The molecule has 0 aliphatic carbocycles. The Morgan fingerprint density at radius 3 is 2.50 bits per heavy atom. The van der Waals surface area contributed by atoms with Crippen molar-refractivity contribution in [3.63, 3.8) is 0 Å². The van der Waals surface area contributed by atoms with Crippen LogP contribution in [0.15, 0.2) is 62.7 Å². The molecule has 0 unspecified atom stereocenters. The lowest BCUT2D eigenvalue weighted by Crippen LogP contribution is -2.28. The molecule has 2 heterocycles. The molecule has 3 aromatic rings. The van der Waals surface area contributed by atoms with Crippen LogP contribution >= 0.6 is 15.9 Å². The highest BCUT2D eigenvalue weighted by Crippen LogP contribution is 2.14. The van der Waals surface area contributed by atoms with Crippen LogP contribution in [0, 0.1) is 6.92 Å². The van der Waals surface area contributed by atoms with Crippen LogP contribution in [-0.4, -0.2) is 19.8 Å². The number of benzene rings is 1. The summed E-state index contributed by atoms with van der Waals surface area (Å²) in [4.78, 5) is 37.0. The highest BCUT2D eigenvalue weighted by atomic mass is 79.9. The van der Waals surface area contributed by atoms with Crippen LogP contribution in [0.25, 0.3) is 5.69 Å². The van der Waals surface area contributed by atoms with E-state index in [1.54, 1.807) is 24.7 Å². The molecular weight excluding hydrogens is 400 g/mol. The number of nitrogens with zero attached hydrogens (tertiary/aromatic N) is 3. The number of halogens is 1. The van der Waals surface area contributed by atoms with Gasteiger partial charge in [0.2, 0.25) is 5.91 Å². The second kappa shape index (κ2) is 7.17. The van der Waals surface area contributed by atoms with E-state index in [2.05, 4.69) is 21.2 Å². The van der Waals surface area contributed by atoms with E-state index in [1.807, 2.05) is 30.3 Å². The predicted molar refractivity (Wildman–Crippen MR) is 103 cm³/mol. The first-order valence-electron chi connectivity index (χ1n) is 7.88. The number of nitrogens with one attached hydrogen (secondary N) is 1. The number of carbonyl (C=O) groups excluding carboxylic acids is 1. The maximum absolute atomic E-state index is 12.8. The zero-order chi connectivity index (χ0) is 18.8. The van der Waals surface area contributed by atoms with Crippen molar-refractivity contribution < 1.29 is 4.79 Å². The van der Waals surface area contributed by atoms with Gasteiger partial charge in [-0.05, 0) is 41.1 Å². The van der Waals surface area contributed by atoms with E-state index in [4.69, 9.17) is 0 Å². The minimum Gasteiger partial charge on any atom is -0.318 e. The van der Waals surface area contributed by atoms with Crippen LogP contribution in [0.2, 0.25) is 0 Å². The fourth-order valence-electron chi connectivity index (χ4n) is 2.67. The molecule has 0 aliphatic heterocycles. The Labute approximate surface area is 157 Å². The first-order chi connectivity index (χ1) is 12.4. The Hall–Kier alpha value is -2.87. The lowest BCUT2D eigenvalue weighted by molar-refractivity contribution is -0.116. The Bertz CT molecular complexity index is 1080. The van der Waals surface area contributed by atoms with E-state index in [1.165, 1.54) is 21.5 Å². The fraction of sp³-hybridized carbons (Fsp3) is 0.167. The summed E-state index contributed by atoms with van der Waals surface area (Å²) in [6.45, 7) is 1.57. The molecule has 0 fully saturated rings. The first-order valence-corrected chi connectivity index (χ1v) is 8.67. The highest BCUT2D eigenvalue weighted by Gasteiger charge is 2.18. The quantitative estimate of drug-likeness (QED) is 0.706. The van der Waals surface area contributed by atoms with Gasteiger partial charge in [0, 0.05) is 23.8 Å². The summed E-state index contributed by atoms with van der Waals surface area (Å²) < 4.78 is 5.12. The van der Waals surface area contributed by atoms with Crippen molar-refractivity contribution in [1.82, 2.24) is 13.9 Å². The molecule has 8 heteroatoms. The smallest absolute Gasteiger partial charge is 0.295 e. The topological polar surface area (TPSA) is 78.0 Å². The van der Waals surface area contributed by atoms with Crippen molar-refractivity contribution in [2.75, 3.05) is 5.32 Å². The SMILES string of the molecule is Cc1c(NC(=O)Cn2cc(Br)ccc2=O)c(=O)n(-c2ccccc2)n1C. The first kappa shape index (κ1) is 17.9. The van der Waals surface area contributed by atoms with Crippen molar-refractivity contribution in [1.29, 1.82) is 0 Å². The van der Waals surface area contributed by atoms with Crippen molar-refractivity contribution in [2.24, 2.45) is 7.05 Å². The molecule has 134 valence electrons. The molecule has 7 nitrogen and oxygen atoms in total. The molecule has 0 spiro atoms. The minimum absolute atomic E-state index is 0.183. The van der Waals surface area contributed by atoms with Crippen LogP contribution in [-0.2, 0) is 18.4 Å². The zero-order valence-corrected chi connectivity index (χ0v) is 15.9. The normalized spacial score (nSPS) is 10.7. The van der Waals surface area contributed by atoms with E-state index in [-0.39, 0.29) is 23.4 Å². The number of amides is 1. The number of hydrogen-bond acceptors (Lipinski definition) is 3. The summed E-state index contributed by atoms with van der Waals surface area (Å²) in [5.41, 5.74) is 0.894. The molecule has 0 radical (unpaired) electrons. The summed E-state index contributed by atoms with van der Waals surface area (Å²) in [5.74, 6) is -0.448. The van der Waals surface area contributed by atoms with Crippen LogP contribution in [0.3, 0.4) is 0 Å². The fourth-order valence-corrected chi connectivity index (χ4v) is 3.05. The van der Waals surface area contributed by atoms with Gasteiger partial charge >= 0.3 is 0 Å². The average Bonchev–Trinajstić information content (AvgIpc) is 2.82. The molecule has 0 atom stereocenters. The number of hydrogen-bond donors (Lipinski definition) is 1. The molecule has 1 N–H and O–H groups in total. The highest BCUT2D eigenvalue weighted by molar-refractivity contribution is 9.10. The zero-order valence-electron chi connectivity index (χ0n) is 14.3. The van der Waals surface area contributed by atoms with Gasteiger partial charge in [-0.15, -0.1) is 0 Å². The second-order valence-corrected chi connectivity index (χ2v) is 6.71. The standard InChI is InChI=1S/C18H17BrN4O3/c1-12-17(18(26)23(21(12)2)14-6-4-3-5-7-14)20-15(24)11-22-10-13(19)8-9-16(22)25/h3-10H,11H2,1-2H3,(H,20,24). The number of carbonyl (C=O) groups is 1. The number of anilines is 1. The number of para-hydroxylation sites is 1. The van der Waals surface area contributed by atoms with Crippen LogP contribution in [0.5, 0.6) is 0 Å². The van der Waals surface area contributed by atoms with Gasteiger partial charge in [-0.2, -0.15) is 0 Å². The van der Waals surface area contributed by atoms with Gasteiger partial charge in [0.15, 0.2) is 0 Å². The summed E-state index contributed by atoms with van der Waals surface area (Å²) >= 11 is 3.27. The van der Waals surface area contributed by atoms with Crippen LogP contribution < -0.4 is 16.4 Å².